The lowest BCUT2D eigenvalue weighted by Crippen LogP contribution is -2.41. The average Bonchev–Trinajstić information content (AvgIpc) is 3.25. The maximum atomic E-state index is 12.2. The van der Waals surface area contributed by atoms with Gasteiger partial charge in [0.25, 0.3) is 0 Å². The quantitative estimate of drug-likeness (QED) is 0.749. The van der Waals surface area contributed by atoms with Gasteiger partial charge in [0.15, 0.2) is 0 Å². The molecule has 2 aromatic heterocycles. The topological polar surface area (TPSA) is 59.8 Å². The number of carbonyl (C=O) groups excluding carboxylic acids is 1. The lowest BCUT2D eigenvalue weighted by molar-refractivity contribution is -0.122. The van der Waals surface area contributed by atoms with E-state index in [0.717, 1.165) is 17.8 Å². The van der Waals surface area contributed by atoms with E-state index in [0.29, 0.717) is 6.42 Å². The molecule has 0 bridgehead atoms. The summed E-state index contributed by atoms with van der Waals surface area (Å²) in [6.07, 6.45) is 3.07. The minimum Gasteiger partial charge on any atom is -0.345 e. The van der Waals surface area contributed by atoms with Gasteiger partial charge in [-0.2, -0.15) is 11.3 Å². The molecular formula is C18H20N4OS. The first kappa shape index (κ1) is 16.4. The van der Waals surface area contributed by atoms with Gasteiger partial charge in [-0.3, -0.25) is 4.79 Å². The molecule has 0 atom stereocenters. The van der Waals surface area contributed by atoms with Crippen molar-refractivity contribution in [2.24, 2.45) is 0 Å². The van der Waals surface area contributed by atoms with Crippen LogP contribution in [0.4, 0.5) is 0 Å². The molecule has 0 spiro atoms. The molecule has 0 unspecified atom stereocenters. The lowest BCUT2D eigenvalue weighted by Gasteiger charge is -2.23. The summed E-state index contributed by atoms with van der Waals surface area (Å²) in [5.41, 5.74) is 2.30. The fourth-order valence-electron chi connectivity index (χ4n) is 2.42. The first-order valence-corrected chi connectivity index (χ1v) is 8.79. The number of hydrogen-bond acceptors (Lipinski definition) is 4. The minimum absolute atomic E-state index is 0.0143. The van der Waals surface area contributed by atoms with Crippen LogP contribution in [0.5, 0.6) is 0 Å². The Morgan fingerprint density at radius 1 is 1.25 bits per heavy atom. The second-order valence-electron chi connectivity index (χ2n) is 6.19. The highest BCUT2D eigenvalue weighted by atomic mass is 32.1. The third kappa shape index (κ3) is 3.89. The summed E-state index contributed by atoms with van der Waals surface area (Å²) in [7, 11) is 0. The summed E-state index contributed by atoms with van der Waals surface area (Å²) < 4.78 is 1.72. The van der Waals surface area contributed by atoms with Crippen LogP contribution in [0.2, 0.25) is 0 Å². The highest BCUT2D eigenvalue weighted by molar-refractivity contribution is 7.07. The number of benzene rings is 1. The zero-order valence-electron chi connectivity index (χ0n) is 13.8. The molecule has 124 valence electrons. The van der Waals surface area contributed by atoms with Crippen LogP contribution in [-0.2, 0) is 16.8 Å². The summed E-state index contributed by atoms with van der Waals surface area (Å²) in [5.74, 6) is 0.0143. The van der Waals surface area contributed by atoms with Crippen molar-refractivity contribution in [1.29, 1.82) is 0 Å². The normalized spacial score (nSPS) is 11.4. The Hall–Kier alpha value is -2.47. The highest BCUT2D eigenvalue weighted by Gasteiger charge is 2.26. The summed E-state index contributed by atoms with van der Waals surface area (Å²) >= 11 is 1.65. The van der Waals surface area contributed by atoms with Crippen molar-refractivity contribution >= 4 is 17.2 Å². The van der Waals surface area contributed by atoms with Gasteiger partial charge in [0, 0.05) is 6.42 Å². The molecule has 0 aliphatic carbocycles. The largest absolute Gasteiger partial charge is 0.345 e. The fraction of sp³-hybridized carbons (Fsp3) is 0.278. The lowest BCUT2D eigenvalue weighted by atomic mass is 10.0. The zero-order chi connectivity index (χ0) is 17.0. The third-order valence-electron chi connectivity index (χ3n) is 3.83. The number of nitrogens with zero attached hydrogens (tertiary/aromatic N) is 3. The van der Waals surface area contributed by atoms with Crippen molar-refractivity contribution in [1.82, 2.24) is 20.3 Å². The maximum Gasteiger partial charge on any atom is 0.221 e. The minimum atomic E-state index is -0.571. The van der Waals surface area contributed by atoms with Gasteiger partial charge < -0.3 is 5.32 Å². The van der Waals surface area contributed by atoms with Gasteiger partial charge in [-0.05, 0) is 54.8 Å². The number of carbonyl (C=O) groups is 1. The van der Waals surface area contributed by atoms with E-state index in [1.807, 2.05) is 55.8 Å². The van der Waals surface area contributed by atoms with Crippen LogP contribution in [0.1, 0.15) is 31.5 Å². The van der Waals surface area contributed by atoms with Gasteiger partial charge >= 0.3 is 0 Å². The molecule has 5 nitrogen and oxygen atoms in total. The molecule has 0 aliphatic heterocycles. The van der Waals surface area contributed by atoms with Gasteiger partial charge in [0.1, 0.15) is 5.69 Å². The van der Waals surface area contributed by atoms with Crippen molar-refractivity contribution in [3.63, 3.8) is 0 Å². The van der Waals surface area contributed by atoms with E-state index >= 15 is 0 Å². The number of aryl methyl sites for hydroxylation is 1. The molecule has 3 aromatic rings. The van der Waals surface area contributed by atoms with Crippen LogP contribution in [0, 0.1) is 0 Å². The predicted molar refractivity (Wildman–Crippen MR) is 95.2 cm³/mol. The second kappa shape index (κ2) is 6.97. The van der Waals surface area contributed by atoms with Gasteiger partial charge in [0.05, 0.1) is 17.4 Å². The number of rotatable bonds is 6. The molecule has 0 radical (unpaired) electrons. The molecule has 6 heteroatoms. The van der Waals surface area contributed by atoms with Gasteiger partial charge in [0.2, 0.25) is 5.91 Å². The molecule has 1 N–H and O–H groups in total. The van der Waals surface area contributed by atoms with Crippen LogP contribution < -0.4 is 5.32 Å². The monoisotopic (exact) mass is 340 g/mol. The number of aromatic nitrogens is 3. The van der Waals surface area contributed by atoms with Crippen LogP contribution in [0.25, 0.3) is 5.69 Å². The number of thiophene rings is 1. The molecule has 2 heterocycles. The summed E-state index contributed by atoms with van der Waals surface area (Å²) in [6, 6.07) is 11.8. The van der Waals surface area contributed by atoms with Crippen molar-refractivity contribution in [3.8, 4) is 5.69 Å². The molecule has 1 aromatic carbocycles. The van der Waals surface area contributed by atoms with Crippen molar-refractivity contribution in [3.05, 3.63) is 64.6 Å². The Labute approximate surface area is 145 Å². The van der Waals surface area contributed by atoms with Crippen molar-refractivity contribution < 1.29 is 4.79 Å². The van der Waals surface area contributed by atoms with Gasteiger partial charge in [-0.25, -0.2) is 4.68 Å². The van der Waals surface area contributed by atoms with Crippen molar-refractivity contribution in [2.45, 2.75) is 32.2 Å². The number of hydrogen-bond donors (Lipinski definition) is 1. The molecule has 0 fully saturated rings. The first-order chi connectivity index (χ1) is 11.5. The molecule has 1 amide bonds. The molecule has 0 aliphatic rings. The summed E-state index contributed by atoms with van der Waals surface area (Å²) in [5, 5.41) is 15.5. The summed E-state index contributed by atoms with van der Waals surface area (Å²) in [6.45, 7) is 3.88. The SMILES string of the molecule is CC(C)(NC(=O)CCc1ccsc1)c1cn(-c2ccccc2)nn1. The Kier molecular flexibility index (Phi) is 4.76. The van der Waals surface area contributed by atoms with E-state index in [2.05, 4.69) is 27.1 Å². The Morgan fingerprint density at radius 3 is 2.75 bits per heavy atom. The van der Waals surface area contributed by atoms with E-state index < -0.39 is 5.54 Å². The van der Waals surface area contributed by atoms with Crippen LogP contribution in [0.3, 0.4) is 0 Å². The van der Waals surface area contributed by atoms with Crippen molar-refractivity contribution in [2.75, 3.05) is 0 Å². The number of nitrogens with one attached hydrogen (secondary N) is 1. The zero-order valence-corrected chi connectivity index (χ0v) is 14.6. The number of para-hydroxylation sites is 1. The Balaban J connectivity index is 1.64. The van der Waals surface area contributed by atoms with E-state index in [4.69, 9.17) is 0 Å². The molecule has 0 saturated carbocycles. The molecular weight excluding hydrogens is 320 g/mol. The van der Waals surface area contributed by atoms with E-state index in [9.17, 15) is 4.79 Å². The summed E-state index contributed by atoms with van der Waals surface area (Å²) in [4.78, 5) is 12.2. The van der Waals surface area contributed by atoms with Gasteiger partial charge in [-0.1, -0.05) is 23.4 Å². The third-order valence-corrected chi connectivity index (χ3v) is 4.56. The Bertz CT molecular complexity index is 794. The van der Waals surface area contributed by atoms with Crippen LogP contribution in [0.15, 0.2) is 53.4 Å². The Morgan fingerprint density at radius 2 is 2.04 bits per heavy atom. The average molecular weight is 340 g/mol. The van der Waals surface area contributed by atoms with E-state index in [1.54, 1.807) is 16.0 Å². The van der Waals surface area contributed by atoms with Crippen LogP contribution in [-0.4, -0.2) is 20.9 Å². The first-order valence-electron chi connectivity index (χ1n) is 7.85. The number of amides is 1. The second-order valence-corrected chi connectivity index (χ2v) is 6.97. The molecule has 24 heavy (non-hydrogen) atoms. The highest BCUT2D eigenvalue weighted by Crippen LogP contribution is 2.19. The smallest absolute Gasteiger partial charge is 0.221 e. The predicted octanol–water partition coefficient (Wildman–Crippen LogP) is 3.31. The van der Waals surface area contributed by atoms with Gasteiger partial charge in [-0.15, -0.1) is 5.10 Å². The van der Waals surface area contributed by atoms with E-state index in [1.165, 1.54) is 5.56 Å². The fourth-order valence-corrected chi connectivity index (χ4v) is 3.13. The molecule has 3 rings (SSSR count). The molecule has 0 saturated heterocycles. The van der Waals surface area contributed by atoms with Crippen LogP contribution >= 0.6 is 11.3 Å². The maximum absolute atomic E-state index is 12.2. The van der Waals surface area contributed by atoms with E-state index in [-0.39, 0.29) is 5.91 Å². The standard InChI is InChI=1S/C18H20N4OS/c1-18(2,19-17(23)9-8-14-10-11-24-13-14)16-12-22(21-20-16)15-6-4-3-5-7-15/h3-7,10-13H,8-9H2,1-2H3,(H,19,23).